The number of benzene rings is 1. The van der Waals surface area contributed by atoms with Gasteiger partial charge in [-0.2, -0.15) is 0 Å². The second-order valence-electron chi connectivity index (χ2n) is 7.43. The van der Waals surface area contributed by atoms with E-state index in [4.69, 9.17) is 9.47 Å². The number of carbonyl (C=O) groups excluding carboxylic acids is 2. The van der Waals surface area contributed by atoms with E-state index in [2.05, 4.69) is 20.4 Å². The minimum atomic E-state index is -0.501. The summed E-state index contributed by atoms with van der Waals surface area (Å²) in [6.07, 6.45) is 2.56. The Hall–Kier alpha value is -2.52. The lowest BCUT2D eigenvalue weighted by molar-refractivity contribution is -0.118. The quantitative estimate of drug-likeness (QED) is 0.800. The van der Waals surface area contributed by atoms with Gasteiger partial charge in [-0.3, -0.25) is 19.8 Å². The number of hydrogen-bond acceptors (Lipinski definition) is 8. The molecular weight excluding hydrogens is 392 g/mol. The van der Waals surface area contributed by atoms with Gasteiger partial charge < -0.3 is 9.47 Å². The van der Waals surface area contributed by atoms with Crippen LogP contribution in [0, 0.1) is 0 Å². The van der Waals surface area contributed by atoms with Crippen LogP contribution in [0.15, 0.2) is 18.2 Å². The first-order chi connectivity index (χ1) is 14.0. The number of aromatic nitrogens is 2. The first kappa shape index (κ1) is 19.8. The largest absolute Gasteiger partial charge is 0.497 e. The molecule has 9 heteroatoms. The second-order valence-corrected chi connectivity index (χ2v) is 8.49. The normalized spacial score (nSPS) is 18.2. The van der Waals surface area contributed by atoms with Crippen molar-refractivity contribution >= 4 is 28.2 Å². The molecule has 1 N–H and O–H groups in total. The predicted octanol–water partition coefficient (Wildman–Crippen LogP) is 2.55. The molecule has 1 saturated heterocycles. The van der Waals surface area contributed by atoms with Gasteiger partial charge in [0.25, 0.3) is 0 Å². The van der Waals surface area contributed by atoms with Crippen LogP contribution in [0.3, 0.4) is 0 Å². The fourth-order valence-electron chi connectivity index (χ4n) is 3.81. The summed E-state index contributed by atoms with van der Waals surface area (Å²) < 4.78 is 11.5. The summed E-state index contributed by atoms with van der Waals surface area (Å²) in [5.41, 5.74) is 0.111. The van der Waals surface area contributed by atoms with Gasteiger partial charge in [-0.1, -0.05) is 18.3 Å². The summed E-state index contributed by atoms with van der Waals surface area (Å²) in [4.78, 5) is 27.0. The zero-order valence-corrected chi connectivity index (χ0v) is 17.4. The lowest BCUT2D eigenvalue weighted by Crippen LogP contribution is -2.52. The molecule has 0 radical (unpaired) electrons. The molecule has 0 aliphatic carbocycles. The Labute approximate surface area is 173 Å². The van der Waals surface area contributed by atoms with E-state index in [1.807, 2.05) is 6.92 Å². The van der Waals surface area contributed by atoms with Crippen molar-refractivity contribution in [3.63, 3.8) is 0 Å². The maximum atomic E-state index is 12.6. The van der Waals surface area contributed by atoms with Crippen molar-refractivity contribution in [1.82, 2.24) is 15.1 Å². The number of nitrogens with zero attached hydrogens (tertiary/aromatic N) is 3. The molecule has 2 aliphatic heterocycles. The number of ether oxygens (including phenoxy) is 2. The van der Waals surface area contributed by atoms with Gasteiger partial charge in [0, 0.05) is 32.0 Å². The van der Waals surface area contributed by atoms with Crippen LogP contribution < -0.4 is 14.8 Å². The Morgan fingerprint density at radius 2 is 2.14 bits per heavy atom. The van der Waals surface area contributed by atoms with Crippen LogP contribution >= 0.6 is 11.3 Å². The predicted molar refractivity (Wildman–Crippen MR) is 109 cm³/mol. The molecule has 1 spiro atoms. The molecule has 3 heterocycles. The highest BCUT2D eigenvalue weighted by molar-refractivity contribution is 7.15. The summed E-state index contributed by atoms with van der Waals surface area (Å²) in [6, 6.07) is 5.32. The van der Waals surface area contributed by atoms with Gasteiger partial charge in [-0.05, 0) is 18.6 Å². The van der Waals surface area contributed by atoms with Gasteiger partial charge in [0.2, 0.25) is 11.0 Å². The minimum absolute atomic E-state index is 0.100. The van der Waals surface area contributed by atoms with Crippen LogP contribution in [0.4, 0.5) is 5.13 Å². The van der Waals surface area contributed by atoms with E-state index in [0.717, 1.165) is 11.4 Å². The number of amides is 1. The Morgan fingerprint density at radius 3 is 2.83 bits per heavy atom. The van der Waals surface area contributed by atoms with E-state index < -0.39 is 5.60 Å². The van der Waals surface area contributed by atoms with Crippen molar-refractivity contribution < 1.29 is 19.1 Å². The first-order valence-corrected chi connectivity index (χ1v) is 10.6. The molecule has 1 aromatic heterocycles. The number of likely N-dealkylation sites (tertiary alicyclic amines) is 1. The molecule has 0 saturated carbocycles. The number of anilines is 1. The third-order valence-electron chi connectivity index (χ3n) is 5.45. The molecule has 2 aliphatic rings. The van der Waals surface area contributed by atoms with Gasteiger partial charge in [0.05, 0.1) is 25.6 Å². The van der Waals surface area contributed by atoms with E-state index in [1.54, 1.807) is 25.3 Å². The number of rotatable bonds is 5. The highest BCUT2D eigenvalue weighted by atomic mass is 32.1. The van der Waals surface area contributed by atoms with E-state index in [0.29, 0.717) is 54.5 Å². The van der Waals surface area contributed by atoms with Crippen LogP contribution in [0.25, 0.3) is 0 Å². The third kappa shape index (κ3) is 4.25. The van der Waals surface area contributed by atoms with E-state index in [-0.39, 0.29) is 18.2 Å². The van der Waals surface area contributed by atoms with Crippen molar-refractivity contribution in [2.45, 2.75) is 38.2 Å². The van der Waals surface area contributed by atoms with E-state index in [9.17, 15) is 9.59 Å². The van der Waals surface area contributed by atoms with Crippen LogP contribution in [-0.2, 0) is 11.2 Å². The van der Waals surface area contributed by atoms with Crippen LogP contribution in [0.5, 0.6) is 11.5 Å². The maximum Gasteiger partial charge on any atom is 0.240 e. The van der Waals surface area contributed by atoms with Gasteiger partial charge in [-0.15, -0.1) is 10.2 Å². The molecule has 1 aromatic carbocycles. The molecule has 4 rings (SSSR count). The third-order valence-corrected chi connectivity index (χ3v) is 6.43. The smallest absolute Gasteiger partial charge is 0.240 e. The molecule has 1 amide bonds. The van der Waals surface area contributed by atoms with E-state index in [1.165, 1.54) is 11.3 Å². The Balaban J connectivity index is 1.35. The lowest BCUT2D eigenvalue weighted by atomic mass is 9.82. The van der Waals surface area contributed by atoms with Crippen molar-refractivity contribution in [2.75, 3.05) is 32.1 Å². The topological polar surface area (TPSA) is 93.7 Å². The number of ketones is 1. The molecule has 2 aromatic rings. The van der Waals surface area contributed by atoms with Crippen LogP contribution in [0.1, 0.15) is 41.6 Å². The fourth-order valence-corrected chi connectivity index (χ4v) is 4.50. The van der Waals surface area contributed by atoms with Crippen molar-refractivity contribution in [2.24, 2.45) is 0 Å². The Morgan fingerprint density at radius 1 is 1.34 bits per heavy atom. The average Bonchev–Trinajstić information content (AvgIpc) is 3.17. The number of carbonyl (C=O) groups is 2. The number of hydrogen-bond donors (Lipinski definition) is 1. The molecule has 0 atom stereocenters. The Bertz CT molecular complexity index is 921. The number of piperidine rings is 1. The second kappa shape index (κ2) is 8.08. The standard InChI is InChI=1S/C20H24N4O4S/c1-3-18-22-23-19(29-18)21-17(26)12-24-8-6-20(7-9-24)11-15(25)14-5-4-13(27-2)10-16(14)28-20/h4-5,10H,3,6-9,11-12H2,1-2H3,(H,21,23,26). The number of nitrogens with one attached hydrogen (secondary N) is 1. The SMILES string of the molecule is CCc1nnc(NC(=O)CN2CCC3(CC2)CC(=O)c2ccc(OC)cc2O3)s1. The zero-order chi connectivity index (χ0) is 20.4. The number of Topliss-reactive ketones (excluding diaryl/α,β-unsaturated/α-hetero) is 1. The average molecular weight is 417 g/mol. The van der Waals surface area contributed by atoms with E-state index >= 15 is 0 Å². The van der Waals surface area contributed by atoms with Gasteiger partial charge in [0.15, 0.2) is 5.78 Å². The molecule has 8 nitrogen and oxygen atoms in total. The monoisotopic (exact) mass is 416 g/mol. The van der Waals surface area contributed by atoms with Crippen LogP contribution in [0.2, 0.25) is 0 Å². The zero-order valence-electron chi connectivity index (χ0n) is 16.6. The molecular formula is C20H24N4O4S. The minimum Gasteiger partial charge on any atom is -0.497 e. The molecule has 0 unspecified atom stereocenters. The fraction of sp³-hybridized carbons (Fsp3) is 0.500. The highest BCUT2D eigenvalue weighted by Crippen LogP contribution is 2.40. The molecule has 29 heavy (non-hydrogen) atoms. The summed E-state index contributed by atoms with van der Waals surface area (Å²) in [5.74, 6) is 1.26. The summed E-state index contributed by atoms with van der Waals surface area (Å²) >= 11 is 1.40. The molecule has 0 bridgehead atoms. The Kier molecular flexibility index (Phi) is 5.51. The lowest BCUT2D eigenvalue weighted by Gasteiger charge is -2.43. The van der Waals surface area contributed by atoms with Crippen LogP contribution in [-0.4, -0.2) is 59.1 Å². The molecule has 1 fully saturated rings. The first-order valence-electron chi connectivity index (χ1n) is 9.75. The van der Waals surface area contributed by atoms with Gasteiger partial charge >= 0.3 is 0 Å². The maximum absolute atomic E-state index is 12.6. The van der Waals surface area contributed by atoms with Crippen molar-refractivity contribution in [1.29, 1.82) is 0 Å². The summed E-state index contributed by atoms with van der Waals surface area (Å²) in [7, 11) is 1.59. The summed E-state index contributed by atoms with van der Waals surface area (Å²) in [6.45, 7) is 3.67. The van der Waals surface area contributed by atoms with Gasteiger partial charge in [-0.25, -0.2) is 0 Å². The number of aryl methyl sites for hydroxylation is 1. The number of fused-ring (bicyclic) bond motifs is 1. The summed E-state index contributed by atoms with van der Waals surface area (Å²) in [5, 5.41) is 12.2. The highest BCUT2D eigenvalue weighted by Gasteiger charge is 2.43. The number of methoxy groups -OCH3 is 1. The van der Waals surface area contributed by atoms with Gasteiger partial charge in [0.1, 0.15) is 22.1 Å². The van der Waals surface area contributed by atoms with Crippen molar-refractivity contribution in [3.8, 4) is 11.5 Å². The molecule has 154 valence electrons. The van der Waals surface area contributed by atoms with Crippen molar-refractivity contribution in [3.05, 3.63) is 28.8 Å².